The number of hydrogen-bond donors (Lipinski definition) is 2. The standard InChI is InChI=1S/C19H21FN4O2/c1-23-10-12-24(13-11-23)15-8-6-14(7-9-15)21-18(25)19(26)22-17-5-3-2-4-16(17)20/h2-9H,10-13H2,1H3,(H,21,25)(H,22,26). The maximum absolute atomic E-state index is 13.5. The fraction of sp³-hybridized carbons (Fsp3) is 0.263. The third kappa shape index (κ3) is 4.37. The number of piperazine rings is 1. The van der Waals surface area contributed by atoms with Gasteiger partial charge in [-0.15, -0.1) is 0 Å². The van der Waals surface area contributed by atoms with Crippen molar-refractivity contribution in [2.24, 2.45) is 0 Å². The van der Waals surface area contributed by atoms with Gasteiger partial charge in [-0.05, 0) is 43.4 Å². The number of carbonyl (C=O) groups excluding carboxylic acids is 2. The van der Waals surface area contributed by atoms with E-state index in [0.717, 1.165) is 31.9 Å². The molecule has 7 heteroatoms. The van der Waals surface area contributed by atoms with Crippen LogP contribution in [0.2, 0.25) is 0 Å². The Morgan fingerprint density at radius 3 is 2.15 bits per heavy atom. The van der Waals surface area contributed by atoms with Crippen LogP contribution in [0.25, 0.3) is 0 Å². The van der Waals surface area contributed by atoms with E-state index in [1.54, 1.807) is 18.2 Å². The zero-order valence-corrected chi connectivity index (χ0v) is 14.5. The van der Waals surface area contributed by atoms with Crippen LogP contribution in [0.4, 0.5) is 21.5 Å². The van der Waals surface area contributed by atoms with Crippen LogP contribution in [0.5, 0.6) is 0 Å². The minimum atomic E-state index is -0.918. The summed E-state index contributed by atoms with van der Waals surface area (Å²) in [6.45, 7) is 3.92. The van der Waals surface area contributed by atoms with Crippen molar-refractivity contribution < 1.29 is 14.0 Å². The molecule has 2 N–H and O–H groups in total. The molecule has 1 heterocycles. The van der Waals surface area contributed by atoms with Gasteiger partial charge in [-0.25, -0.2) is 4.39 Å². The Morgan fingerprint density at radius 1 is 0.885 bits per heavy atom. The van der Waals surface area contributed by atoms with Crippen LogP contribution in [0, 0.1) is 5.82 Å². The summed E-state index contributed by atoms with van der Waals surface area (Å²) in [7, 11) is 2.10. The number of rotatable bonds is 3. The van der Waals surface area contributed by atoms with Gasteiger partial charge in [0.1, 0.15) is 5.82 Å². The summed E-state index contributed by atoms with van der Waals surface area (Å²) in [5.74, 6) is -2.36. The molecule has 0 saturated carbocycles. The summed E-state index contributed by atoms with van der Waals surface area (Å²) < 4.78 is 13.5. The van der Waals surface area contributed by atoms with E-state index in [1.165, 1.54) is 18.2 Å². The number of nitrogens with one attached hydrogen (secondary N) is 2. The van der Waals surface area contributed by atoms with Crippen molar-refractivity contribution >= 4 is 28.9 Å². The molecule has 0 aliphatic carbocycles. The Hall–Kier alpha value is -2.93. The summed E-state index contributed by atoms with van der Waals surface area (Å²) in [4.78, 5) is 28.5. The number of para-hydroxylation sites is 1. The highest BCUT2D eigenvalue weighted by atomic mass is 19.1. The zero-order chi connectivity index (χ0) is 18.5. The molecule has 1 aliphatic rings. The fourth-order valence-electron chi connectivity index (χ4n) is 2.75. The Kier molecular flexibility index (Phi) is 5.48. The second-order valence-corrected chi connectivity index (χ2v) is 6.23. The summed E-state index contributed by atoms with van der Waals surface area (Å²) in [5.41, 5.74) is 1.56. The second-order valence-electron chi connectivity index (χ2n) is 6.23. The number of benzene rings is 2. The van der Waals surface area contributed by atoms with Crippen LogP contribution in [-0.4, -0.2) is 49.9 Å². The van der Waals surface area contributed by atoms with Gasteiger partial charge in [0.25, 0.3) is 0 Å². The van der Waals surface area contributed by atoms with Crippen LogP contribution in [0.3, 0.4) is 0 Å². The van der Waals surface area contributed by atoms with Crippen LogP contribution in [-0.2, 0) is 9.59 Å². The van der Waals surface area contributed by atoms with Gasteiger partial charge in [-0.2, -0.15) is 0 Å². The highest BCUT2D eigenvalue weighted by Gasteiger charge is 2.17. The largest absolute Gasteiger partial charge is 0.369 e. The van der Waals surface area contributed by atoms with Crippen LogP contribution in [0.1, 0.15) is 0 Å². The van der Waals surface area contributed by atoms with Gasteiger partial charge < -0.3 is 20.4 Å². The van der Waals surface area contributed by atoms with Gasteiger partial charge in [0, 0.05) is 37.6 Å². The SMILES string of the molecule is CN1CCN(c2ccc(NC(=O)C(=O)Nc3ccccc3F)cc2)CC1. The van der Waals surface area contributed by atoms with E-state index in [0.29, 0.717) is 5.69 Å². The van der Waals surface area contributed by atoms with Crippen molar-refractivity contribution in [3.8, 4) is 0 Å². The van der Waals surface area contributed by atoms with Crippen molar-refractivity contribution in [1.82, 2.24) is 4.90 Å². The van der Waals surface area contributed by atoms with Crippen molar-refractivity contribution in [2.75, 3.05) is 48.8 Å². The van der Waals surface area contributed by atoms with Crippen molar-refractivity contribution in [3.63, 3.8) is 0 Å². The minimum Gasteiger partial charge on any atom is -0.369 e. The van der Waals surface area contributed by atoms with E-state index in [4.69, 9.17) is 0 Å². The van der Waals surface area contributed by atoms with Crippen LogP contribution < -0.4 is 15.5 Å². The van der Waals surface area contributed by atoms with E-state index in [2.05, 4.69) is 27.5 Å². The van der Waals surface area contributed by atoms with E-state index < -0.39 is 17.6 Å². The zero-order valence-electron chi connectivity index (χ0n) is 14.5. The highest BCUT2D eigenvalue weighted by molar-refractivity contribution is 6.43. The molecule has 0 bridgehead atoms. The molecule has 0 unspecified atom stereocenters. The lowest BCUT2D eigenvalue weighted by Crippen LogP contribution is -2.44. The number of nitrogens with zero attached hydrogens (tertiary/aromatic N) is 2. The minimum absolute atomic E-state index is 0.0296. The number of amides is 2. The van der Waals surface area contributed by atoms with Crippen molar-refractivity contribution in [3.05, 3.63) is 54.3 Å². The van der Waals surface area contributed by atoms with Gasteiger partial charge in [0.15, 0.2) is 0 Å². The number of likely N-dealkylation sites (N-methyl/N-ethyl adjacent to an activating group) is 1. The Balaban J connectivity index is 1.57. The van der Waals surface area contributed by atoms with Gasteiger partial charge >= 0.3 is 11.8 Å². The Labute approximate surface area is 151 Å². The molecule has 1 aliphatic heterocycles. The molecule has 1 saturated heterocycles. The highest BCUT2D eigenvalue weighted by Crippen LogP contribution is 2.19. The molecule has 0 radical (unpaired) electrons. The maximum Gasteiger partial charge on any atom is 0.314 e. The normalized spacial score (nSPS) is 14.8. The van der Waals surface area contributed by atoms with Gasteiger partial charge in [-0.3, -0.25) is 9.59 Å². The quantitative estimate of drug-likeness (QED) is 0.828. The maximum atomic E-state index is 13.5. The monoisotopic (exact) mass is 356 g/mol. The summed E-state index contributed by atoms with van der Waals surface area (Å²) in [6, 6.07) is 13.0. The molecule has 0 atom stereocenters. The Bertz CT molecular complexity index is 786. The fourth-order valence-corrected chi connectivity index (χ4v) is 2.75. The molecule has 26 heavy (non-hydrogen) atoms. The molecular formula is C19H21FN4O2. The average Bonchev–Trinajstić information content (AvgIpc) is 2.65. The van der Waals surface area contributed by atoms with E-state index >= 15 is 0 Å². The van der Waals surface area contributed by atoms with E-state index in [9.17, 15) is 14.0 Å². The first-order valence-corrected chi connectivity index (χ1v) is 8.43. The average molecular weight is 356 g/mol. The molecule has 136 valence electrons. The van der Waals surface area contributed by atoms with Crippen molar-refractivity contribution in [2.45, 2.75) is 0 Å². The van der Waals surface area contributed by atoms with Gasteiger partial charge in [0.2, 0.25) is 0 Å². The van der Waals surface area contributed by atoms with E-state index in [-0.39, 0.29) is 5.69 Å². The first-order chi connectivity index (χ1) is 12.5. The van der Waals surface area contributed by atoms with E-state index in [1.807, 2.05) is 12.1 Å². The first-order valence-electron chi connectivity index (χ1n) is 8.43. The molecule has 0 aromatic heterocycles. The van der Waals surface area contributed by atoms with Crippen LogP contribution in [0.15, 0.2) is 48.5 Å². The lowest BCUT2D eigenvalue weighted by Gasteiger charge is -2.34. The third-order valence-corrected chi connectivity index (χ3v) is 4.32. The van der Waals surface area contributed by atoms with Gasteiger partial charge in [0.05, 0.1) is 5.69 Å². The smallest absolute Gasteiger partial charge is 0.314 e. The molecular weight excluding hydrogens is 335 g/mol. The van der Waals surface area contributed by atoms with Crippen molar-refractivity contribution in [1.29, 1.82) is 0 Å². The molecule has 0 spiro atoms. The molecule has 2 aromatic rings. The molecule has 1 fully saturated rings. The third-order valence-electron chi connectivity index (χ3n) is 4.32. The lowest BCUT2D eigenvalue weighted by molar-refractivity contribution is -0.133. The summed E-state index contributed by atoms with van der Waals surface area (Å²) in [5, 5.41) is 4.78. The first kappa shape index (κ1) is 17.9. The molecule has 6 nitrogen and oxygen atoms in total. The topological polar surface area (TPSA) is 64.7 Å². The lowest BCUT2D eigenvalue weighted by atomic mass is 10.2. The second kappa shape index (κ2) is 7.97. The van der Waals surface area contributed by atoms with Gasteiger partial charge in [-0.1, -0.05) is 12.1 Å². The number of anilines is 3. The summed E-state index contributed by atoms with van der Waals surface area (Å²) >= 11 is 0. The number of carbonyl (C=O) groups is 2. The number of hydrogen-bond acceptors (Lipinski definition) is 4. The molecule has 3 rings (SSSR count). The predicted molar refractivity (Wildman–Crippen MR) is 99.8 cm³/mol. The summed E-state index contributed by atoms with van der Waals surface area (Å²) in [6.07, 6.45) is 0. The molecule has 2 aromatic carbocycles. The molecule has 2 amide bonds. The Morgan fingerprint density at radius 2 is 1.50 bits per heavy atom. The predicted octanol–water partition coefficient (Wildman–Crippen LogP) is 2.15. The van der Waals surface area contributed by atoms with Crippen LogP contribution >= 0.6 is 0 Å². The number of halogens is 1.